The summed E-state index contributed by atoms with van der Waals surface area (Å²) in [7, 11) is 1.72. The zero-order valence-electron chi connectivity index (χ0n) is 10.1. The summed E-state index contributed by atoms with van der Waals surface area (Å²) in [5.41, 5.74) is 0.880. The highest BCUT2D eigenvalue weighted by Crippen LogP contribution is 2.16. The first-order valence-electron chi connectivity index (χ1n) is 5.32. The van der Waals surface area contributed by atoms with Gasteiger partial charge in [-0.2, -0.15) is 0 Å². The van der Waals surface area contributed by atoms with Gasteiger partial charge in [0.15, 0.2) is 5.69 Å². The van der Waals surface area contributed by atoms with Crippen molar-refractivity contribution in [3.63, 3.8) is 0 Å². The van der Waals surface area contributed by atoms with Gasteiger partial charge in [-0.3, -0.25) is 0 Å². The van der Waals surface area contributed by atoms with Crippen LogP contribution in [0.2, 0.25) is 0 Å². The van der Waals surface area contributed by atoms with Gasteiger partial charge in [0, 0.05) is 13.0 Å². The molecule has 1 aromatic rings. The molecule has 5 nitrogen and oxygen atoms in total. The van der Waals surface area contributed by atoms with Crippen molar-refractivity contribution in [1.29, 1.82) is 0 Å². The molecule has 0 amide bonds. The number of nitrogens with zero attached hydrogens (tertiary/aromatic N) is 2. The quantitative estimate of drug-likeness (QED) is 0.789. The van der Waals surface area contributed by atoms with Crippen molar-refractivity contribution < 1.29 is 9.53 Å². The number of aromatic nitrogens is 2. The number of ether oxygens (including phenoxy) is 1. The molecule has 0 spiro atoms. The molecule has 0 saturated carbocycles. The number of nitrogens with one attached hydrogen (secondary N) is 1. The second kappa shape index (κ2) is 5.44. The van der Waals surface area contributed by atoms with E-state index in [1.54, 1.807) is 20.2 Å². The van der Waals surface area contributed by atoms with Crippen LogP contribution in [-0.2, 0) is 4.74 Å². The zero-order chi connectivity index (χ0) is 12.1. The average molecular weight is 223 g/mol. The Kier molecular flexibility index (Phi) is 4.22. The topological polar surface area (TPSA) is 64.1 Å². The van der Waals surface area contributed by atoms with Crippen molar-refractivity contribution in [1.82, 2.24) is 9.97 Å². The van der Waals surface area contributed by atoms with E-state index in [0.29, 0.717) is 23.8 Å². The van der Waals surface area contributed by atoms with Crippen LogP contribution in [0.3, 0.4) is 0 Å². The minimum Gasteiger partial charge on any atom is -0.461 e. The Morgan fingerprint density at radius 1 is 1.56 bits per heavy atom. The lowest BCUT2D eigenvalue weighted by atomic mass is 10.2. The second-order valence-corrected chi connectivity index (χ2v) is 3.62. The van der Waals surface area contributed by atoms with Crippen molar-refractivity contribution >= 4 is 11.7 Å². The van der Waals surface area contributed by atoms with Crippen LogP contribution in [0.4, 0.5) is 5.69 Å². The molecule has 0 saturated heterocycles. The van der Waals surface area contributed by atoms with Crippen LogP contribution in [-0.4, -0.2) is 29.6 Å². The first kappa shape index (κ1) is 12.4. The van der Waals surface area contributed by atoms with Gasteiger partial charge in [-0.25, -0.2) is 14.8 Å². The number of carbonyl (C=O) groups is 1. The first-order valence-corrected chi connectivity index (χ1v) is 5.32. The van der Waals surface area contributed by atoms with Crippen molar-refractivity contribution in [3.8, 4) is 0 Å². The van der Waals surface area contributed by atoms with Crippen LogP contribution >= 0.6 is 0 Å². The van der Waals surface area contributed by atoms with Gasteiger partial charge in [-0.15, -0.1) is 0 Å². The second-order valence-electron chi connectivity index (χ2n) is 3.62. The summed E-state index contributed by atoms with van der Waals surface area (Å²) in [6, 6.07) is 0. The number of esters is 1. The molecular weight excluding hydrogens is 206 g/mol. The maximum absolute atomic E-state index is 11.6. The number of anilines is 1. The molecule has 0 fully saturated rings. The fourth-order valence-electron chi connectivity index (χ4n) is 1.21. The normalized spacial score (nSPS) is 10.3. The molecule has 0 aromatic carbocycles. The SMILES string of the molecule is CCOC(=O)c1nc(C(C)C)ncc1NC. The number of hydrogen-bond donors (Lipinski definition) is 1. The van der Waals surface area contributed by atoms with Gasteiger partial charge in [-0.1, -0.05) is 13.8 Å². The van der Waals surface area contributed by atoms with E-state index in [1.807, 2.05) is 13.8 Å². The van der Waals surface area contributed by atoms with E-state index in [0.717, 1.165) is 0 Å². The molecule has 0 radical (unpaired) electrons. The van der Waals surface area contributed by atoms with E-state index in [1.165, 1.54) is 0 Å². The molecule has 1 rings (SSSR count). The Bertz CT molecular complexity index is 377. The van der Waals surface area contributed by atoms with E-state index in [9.17, 15) is 4.79 Å². The standard InChI is InChI=1S/C11H17N3O2/c1-5-16-11(15)9-8(12-4)6-13-10(14-9)7(2)3/h6-7,12H,5H2,1-4H3. The largest absolute Gasteiger partial charge is 0.461 e. The molecule has 1 heterocycles. The lowest BCUT2D eigenvalue weighted by Gasteiger charge is -2.10. The Hall–Kier alpha value is -1.65. The Morgan fingerprint density at radius 3 is 2.75 bits per heavy atom. The molecule has 5 heteroatoms. The maximum atomic E-state index is 11.6. The minimum atomic E-state index is -0.420. The number of rotatable bonds is 4. The maximum Gasteiger partial charge on any atom is 0.359 e. The van der Waals surface area contributed by atoms with Crippen molar-refractivity contribution in [3.05, 3.63) is 17.7 Å². The van der Waals surface area contributed by atoms with Gasteiger partial charge >= 0.3 is 5.97 Å². The molecule has 1 N–H and O–H groups in total. The highest BCUT2D eigenvalue weighted by atomic mass is 16.5. The predicted molar refractivity (Wildman–Crippen MR) is 61.6 cm³/mol. The van der Waals surface area contributed by atoms with E-state index in [-0.39, 0.29) is 5.92 Å². The van der Waals surface area contributed by atoms with Crippen LogP contribution in [0.15, 0.2) is 6.20 Å². The van der Waals surface area contributed by atoms with Gasteiger partial charge in [0.1, 0.15) is 5.82 Å². The van der Waals surface area contributed by atoms with Gasteiger partial charge in [0.25, 0.3) is 0 Å². The summed E-state index contributed by atoms with van der Waals surface area (Å²) < 4.78 is 4.94. The first-order chi connectivity index (χ1) is 7.60. The molecule has 0 unspecified atom stereocenters. The van der Waals surface area contributed by atoms with E-state index >= 15 is 0 Å². The van der Waals surface area contributed by atoms with Crippen LogP contribution in [0.1, 0.15) is 43.0 Å². The third kappa shape index (κ3) is 2.68. The van der Waals surface area contributed by atoms with E-state index < -0.39 is 5.97 Å². The molecule has 16 heavy (non-hydrogen) atoms. The molecule has 88 valence electrons. The summed E-state index contributed by atoms with van der Waals surface area (Å²) >= 11 is 0. The lowest BCUT2D eigenvalue weighted by molar-refractivity contribution is 0.0520. The van der Waals surface area contributed by atoms with Crippen LogP contribution in [0, 0.1) is 0 Å². The molecule has 0 aliphatic carbocycles. The summed E-state index contributed by atoms with van der Waals surface area (Å²) in [6.45, 7) is 6.05. The van der Waals surface area contributed by atoms with Crippen LogP contribution in [0.25, 0.3) is 0 Å². The Morgan fingerprint density at radius 2 is 2.25 bits per heavy atom. The fourth-order valence-corrected chi connectivity index (χ4v) is 1.21. The molecule has 0 aliphatic rings. The summed E-state index contributed by atoms with van der Waals surface area (Å²) in [4.78, 5) is 20.0. The van der Waals surface area contributed by atoms with E-state index in [2.05, 4.69) is 15.3 Å². The third-order valence-electron chi connectivity index (χ3n) is 2.06. The Labute approximate surface area is 95.3 Å². The number of hydrogen-bond acceptors (Lipinski definition) is 5. The van der Waals surface area contributed by atoms with Crippen molar-refractivity contribution in [2.45, 2.75) is 26.7 Å². The van der Waals surface area contributed by atoms with Crippen molar-refractivity contribution in [2.24, 2.45) is 0 Å². The molecule has 1 aromatic heterocycles. The molecule has 0 bridgehead atoms. The Balaban J connectivity index is 3.11. The van der Waals surface area contributed by atoms with E-state index in [4.69, 9.17) is 4.74 Å². The molecule has 0 atom stereocenters. The summed E-state index contributed by atoms with van der Waals surface area (Å²) in [6.07, 6.45) is 1.61. The van der Waals surface area contributed by atoms with Gasteiger partial charge < -0.3 is 10.1 Å². The average Bonchev–Trinajstić information content (AvgIpc) is 2.28. The highest BCUT2D eigenvalue weighted by Gasteiger charge is 2.16. The number of carbonyl (C=O) groups excluding carboxylic acids is 1. The summed E-state index contributed by atoms with van der Waals surface area (Å²) in [5, 5.41) is 2.88. The van der Waals surface area contributed by atoms with Gasteiger partial charge in [0.2, 0.25) is 0 Å². The monoisotopic (exact) mass is 223 g/mol. The lowest BCUT2D eigenvalue weighted by Crippen LogP contribution is -2.13. The van der Waals surface area contributed by atoms with Gasteiger partial charge in [0.05, 0.1) is 18.5 Å². The van der Waals surface area contributed by atoms with Crippen LogP contribution in [0.5, 0.6) is 0 Å². The van der Waals surface area contributed by atoms with Crippen molar-refractivity contribution in [2.75, 3.05) is 19.0 Å². The zero-order valence-corrected chi connectivity index (χ0v) is 10.1. The summed E-state index contributed by atoms with van der Waals surface area (Å²) in [5.74, 6) is 0.400. The fraction of sp³-hybridized carbons (Fsp3) is 0.545. The smallest absolute Gasteiger partial charge is 0.359 e. The highest BCUT2D eigenvalue weighted by molar-refractivity contribution is 5.93. The predicted octanol–water partition coefficient (Wildman–Crippen LogP) is 1.82. The minimum absolute atomic E-state index is 0.180. The molecule has 0 aliphatic heterocycles. The molecular formula is C11H17N3O2. The third-order valence-corrected chi connectivity index (χ3v) is 2.06. The van der Waals surface area contributed by atoms with Gasteiger partial charge in [-0.05, 0) is 6.92 Å². The van der Waals surface area contributed by atoms with Crippen LogP contribution < -0.4 is 5.32 Å².